The van der Waals surface area contributed by atoms with Crippen molar-refractivity contribution in [1.82, 2.24) is 15.5 Å². The molecule has 0 fully saturated rings. The molecular formula is C15H16F3N3O2. The number of allylic oxidation sites excluding steroid dienone is 1. The van der Waals surface area contributed by atoms with Gasteiger partial charge in [-0.15, -0.1) is 0 Å². The lowest BCUT2D eigenvalue weighted by Gasteiger charge is -2.30. The summed E-state index contributed by atoms with van der Waals surface area (Å²) in [6.07, 6.45) is -4.50. The molecule has 0 saturated heterocycles. The second-order valence-corrected chi connectivity index (χ2v) is 5.39. The van der Waals surface area contributed by atoms with Crippen molar-refractivity contribution in [2.45, 2.75) is 19.1 Å². The molecule has 2 N–H and O–H groups in total. The molecule has 0 aromatic heterocycles. The molecular weight excluding hydrogens is 311 g/mol. The summed E-state index contributed by atoms with van der Waals surface area (Å²) in [5, 5.41) is 4.97. The molecule has 124 valence electrons. The summed E-state index contributed by atoms with van der Waals surface area (Å²) in [6, 6.07) is 3.06. The number of halogens is 3. The third kappa shape index (κ3) is 3.46. The molecule has 8 heteroatoms. The monoisotopic (exact) mass is 327 g/mol. The number of rotatable bonds is 2. The summed E-state index contributed by atoms with van der Waals surface area (Å²) in [5.74, 6) is -0.391. The largest absolute Gasteiger partial charge is 0.416 e. The predicted octanol–water partition coefficient (Wildman–Crippen LogP) is 2.42. The van der Waals surface area contributed by atoms with E-state index in [0.717, 1.165) is 12.1 Å². The summed E-state index contributed by atoms with van der Waals surface area (Å²) < 4.78 is 38.7. The van der Waals surface area contributed by atoms with Crippen LogP contribution >= 0.6 is 0 Å². The smallest absolute Gasteiger partial charge is 0.345 e. The van der Waals surface area contributed by atoms with Crippen LogP contribution in [-0.2, 0) is 11.0 Å². The maximum Gasteiger partial charge on any atom is 0.416 e. The third-order valence-electron chi connectivity index (χ3n) is 3.45. The summed E-state index contributed by atoms with van der Waals surface area (Å²) in [7, 11) is 3.06. The van der Waals surface area contributed by atoms with Crippen molar-refractivity contribution in [2.24, 2.45) is 0 Å². The Morgan fingerprint density at radius 3 is 2.48 bits per heavy atom. The Hall–Kier alpha value is -2.51. The van der Waals surface area contributed by atoms with Crippen LogP contribution in [0.3, 0.4) is 0 Å². The molecule has 1 heterocycles. The van der Waals surface area contributed by atoms with E-state index in [9.17, 15) is 22.8 Å². The van der Waals surface area contributed by atoms with E-state index in [1.807, 2.05) is 0 Å². The summed E-state index contributed by atoms with van der Waals surface area (Å²) in [5.41, 5.74) is -0.125. The van der Waals surface area contributed by atoms with Gasteiger partial charge in [0, 0.05) is 19.8 Å². The second-order valence-electron chi connectivity index (χ2n) is 5.39. The van der Waals surface area contributed by atoms with Crippen LogP contribution in [0.5, 0.6) is 0 Å². The Labute approximate surface area is 131 Å². The maximum absolute atomic E-state index is 12.9. The molecule has 1 atom stereocenters. The minimum Gasteiger partial charge on any atom is -0.345 e. The number of hydrogen-bond donors (Lipinski definition) is 2. The number of hydrogen-bond acceptors (Lipinski definition) is 2. The molecule has 1 aliphatic heterocycles. The first-order valence-corrected chi connectivity index (χ1v) is 6.78. The zero-order valence-corrected chi connectivity index (χ0v) is 12.8. The van der Waals surface area contributed by atoms with E-state index >= 15 is 0 Å². The molecule has 1 aromatic carbocycles. The Balaban J connectivity index is 2.53. The predicted molar refractivity (Wildman–Crippen MR) is 77.2 cm³/mol. The van der Waals surface area contributed by atoms with E-state index in [-0.39, 0.29) is 11.1 Å². The highest BCUT2D eigenvalue weighted by Gasteiger charge is 2.35. The van der Waals surface area contributed by atoms with E-state index in [1.54, 1.807) is 0 Å². The van der Waals surface area contributed by atoms with Crippen LogP contribution in [0.15, 0.2) is 35.5 Å². The number of amides is 3. The second kappa shape index (κ2) is 5.94. The molecule has 0 saturated carbocycles. The lowest BCUT2D eigenvalue weighted by molar-refractivity contribution is -0.137. The zero-order chi connectivity index (χ0) is 17.4. The van der Waals surface area contributed by atoms with Crippen LogP contribution in [0.2, 0.25) is 0 Å². The molecule has 2 rings (SSSR count). The van der Waals surface area contributed by atoms with Gasteiger partial charge in [0.05, 0.1) is 17.2 Å². The molecule has 3 amide bonds. The van der Waals surface area contributed by atoms with Crippen molar-refractivity contribution in [2.75, 3.05) is 14.1 Å². The number of likely N-dealkylation sites (N-methyl/N-ethyl adjacent to an activating group) is 1. The van der Waals surface area contributed by atoms with E-state index in [0.29, 0.717) is 5.70 Å². The van der Waals surface area contributed by atoms with Crippen molar-refractivity contribution in [3.63, 3.8) is 0 Å². The minimum atomic E-state index is -4.50. The van der Waals surface area contributed by atoms with Gasteiger partial charge in [-0.2, -0.15) is 13.2 Å². The van der Waals surface area contributed by atoms with Crippen LogP contribution in [-0.4, -0.2) is 30.9 Å². The van der Waals surface area contributed by atoms with E-state index in [4.69, 9.17) is 0 Å². The Bertz CT molecular complexity index is 681. The average Bonchev–Trinajstić information content (AvgIpc) is 2.45. The van der Waals surface area contributed by atoms with Gasteiger partial charge in [-0.3, -0.25) is 4.79 Å². The van der Waals surface area contributed by atoms with Crippen LogP contribution in [0, 0.1) is 0 Å². The van der Waals surface area contributed by atoms with Crippen LogP contribution in [0.1, 0.15) is 24.1 Å². The quantitative estimate of drug-likeness (QED) is 0.876. The van der Waals surface area contributed by atoms with Crippen LogP contribution in [0.4, 0.5) is 18.0 Å². The Morgan fingerprint density at radius 2 is 1.91 bits per heavy atom. The molecule has 5 nitrogen and oxygen atoms in total. The zero-order valence-electron chi connectivity index (χ0n) is 12.8. The molecule has 0 bridgehead atoms. The van der Waals surface area contributed by atoms with Crippen molar-refractivity contribution in [3.05, 3.63) is 46.7 Å². The molecule has 0 unspecified atom stereocenters. The van der Waals surface area contributed by atoms with Crippen LogP contribution in [0.25, 0.3) is 0 Å². The van der Waals surface area contributed by atoms with Gasteiger partial charge >= 0.3 is 12.2 Å². The first kappa shape index (κ1) is 16.9. The molecule has 0 aliphatic carbocycles. The van der Waals surface area contributed by atoms with E-state index < -0.39 is 29.7 Å². The SMILES string of the molecule is CC1=C(C(=O)N(C)C)[C@H](c2cccc(C(F)(F)F)c2)NC(=O)N1. The highest BCUT2D eigenvalue weighted by atomic mass is 19.4. The van der Waals surface area contributed by atoms with E-state index in [2.05, 4.69) is 10.6 Å². The molecule has 1 aliphatic rings. The molecule has 23 heavy (non-hydrogen) atoms. The van der Waals surface area contributed by atoms with Gasteiger partial charge in [0.15, 0.2) is 0 Å². The van der Waals surface area contributed by atoms with Gasteiger partial charge in [-0.05, 0) is 24.6 Å². The fraction of sp³-hybridized carbons (Fsp3) is 0.333. The van der Waals surface area contributed by atoms with Crippen LogP contribution < -0.4 is 10.6 Å². The van der Waals surface area contributed by atoms with Gasteiger partial charge < -0.3 is 15.5 Å². The average molecular weight is 327 g/mol. The lowest BCUT2D eigenvalue weighted by Crippen LogP contribution is -2.46. The summed E-state index contributed by atoms with van der Waals surface area (Å²) >= 11 is 0. The maximum atomic E-state index is 12.9. The third-order valence-corrected chi connectivity index (χ3v) is 3.45. The lowest BCUT2D eigenvalue weighted by atomic mass is 9.93. The number of alkyl halides is 3. The van der Waals surface area contributed by atoms with E-state index in [1.165, 1.54) is 38.1 Å². The van der Waals surface area contributed by atoms with Gasteiger partial charge in [-0.25, -0.2) is 4.79 Å². The minimum absolute atomic E-state index is 0.194. The van der Waals surface area contributed by atoms with Gasteiger partial charge in [0.25, 0.3) is 5.91 Å². The molecule has 1 aromatic rings. The summed E-state index contributed by atoms with van der Waals surface area (Å²) in [4.78, 5) is 25.3. The number of carbonyl (C=O) groups excluding carboxylic acids is 2. The highest BCUT2D eigenvalue weighted by Crippen LogP contribution is 2.33. The number of nitrogens with one attached hydrogen (secondary N) is 2. The fourth-order valence-electron chi connectivity index (χ4n) is 2.36. The standard InChI is InChI=1S/C15H16F3N3O2/c1-8-11(13(22)21(2)3)12(20-14(23)19-8)9-5-4-6-10(7-9)15(16,17)18/h4-7,12H,1-3H3,(H2,19,20,23)/t12-/m0/s1. The number of urea groups is 1. The normalized spacial score (nSPS) is 18.3. The fourth-order valence-corrected chi connectivity index (χ4v) is 2.36. The number of carbonyl (C=O) groups is 2. The Kier molecular flexibility index (Phi) is 4.35. The van der Waals surface area contributed by atoms with Crippen molar-refractivity contribution < 1.29 is 22.8 Å². The first-order valence-electron chi connectivity index (χ1n) is 6.78. The topological polar surface area (TPSA) is 61.4 Å². The van der Waals surface area contributed by atoms with Crippen molar-refractivity contribution in [1.29, 1.82) is 0 Å². The first-order chi connectivity index (χ1) is 10.6. The number of nitrogens with zero attached hydrogens (tertiary/aromatic N) is 1. The van der Waals surface area contributed by atoms with Crippen molar-refractivity contribution >= 4 is 11.9 Å². The van der Waals surface area contributed by atoms with Gasteiger partial charge in [0.2, 0.25) is 0 Å². The molecule has 0 radical (unpaired) electrons. The highest BCUT2D eigenvalue weighted by molar-refractivity contribution is 5.98. The van der Waals surface area contributed by atoms with Gasteiger partial charge in [-0.1, -0.05) is 12.1 Å². The molecule has 0 spiro atoms. The number of benzene rings is 1. The Morgan fingerprint density at radius 1 is 1.26 bits per heavy atom. The van der Waals surface area contributed by atoms with Gasteiger partial charge in [0.1, 0.15) is 0 Å². The summed E-state index contributed by atoms with van der Waals surface area (Å²) in [6.45, 7) is 1.54. The van der Waals surface area contributed by atoms with Crippen molar-refractivity contribution in [3.8, 4) is 0 Å².